The third-order valence-corrected chi connectivity index (χ3v) is 4.70. The maximum Gasteiger partial charge on any atom is 0.223 e. The van der Waals surface area contributed by atoms with Crippen LogP contribution in [0.4, 0.5) is 5.69 Å². The number of aromatic nitrogens is 1. The normalized spacial score (nSPS) is 18.8. The average Bonchev–Trinajstić information content (AvgIpc) is 3.05. The predicted octanol–water partition coefficient (Wildman–Crippen LogP) is 3.78. The summed E-state index contributed by atoms with van der Waals surface area (Å²) in [5.74, 6) is 0.998. The summed E-state index contributed by atoms with van der Waals surface area (Å²) in [6.07, 6.45) is 0. The van der Waals surface area contributed by atoms with Crippen molar-refractivity contribution in [3.8, 4) is 5.88 Å². The molecule has 0 saturated carbocycles. The highest BCUT2D eigenvalue weighted by atomic mass is 16.5. The van der Waals surface area contributed by atoms with Crippen LogP contribution in [0.15, 0.2) is 59.7 Å². The van der Waals surface area contributed by atoms with Crippen LogP contribution in [-0.4, -0.2) is 23.8 Å². The van der Waals surface area contributed by atoms with Crippen molar-refractivity contribution in [1.29, 1.82) is 0 Å². The fraction of sp³-hybridized carbons (Fsp3) is 0.200. The Hall–Kier alpha value is -2.88. The van der Waals surface area contributed by atoms with Crippen molar-refractivity contribution in [2.24, 2.45) is 11.0 Å². The van der Waals surface area contributed by atoms with Gasteiger partial charge in [0.2, 0.25) is 5.88 Å². The van der Waals surface area contributed by atoms with E-state index < -0.39 is 0 Å². The number of ether oxygens (including phenoxy) is 1. The minimum atomic E-state index is 0.293. The van der Waals surface area contributed by atoms with E-state index in [1.165, 1.54) is 5.56 Å². The van der Waals surface area contributed by atoms with E-state index in [-0.39, 0.29) is 0 Å². The quantitative estimate of drug-likeness (QED) is 0.686. The van der Waals surface area contributed by atoms with Gasteiger partial charge in [-0.25, -0.2) is 4.98 Å². The number of nitrogens with zero attached hydrogens (tertiary/aromatic N) is 3. The molecule has 0 spiro atoms. The molecule has 24 heavy (non-hydrogen) atoms. The number of pyridine rings is 1. The standard InChI is InChI=1S/C20H17N3O/c1-13-7-8-18-14(9-13)10-17-19-15(12-24-20(17)21-18)11-23(22-19)16-5-3-2-4-6-16/h2-10,15H,11-12H2,1H3. The highest BCUT2D eigenvalue weighted by molar-refractivity contribution is 6.08. The van der Waals surface area contributed by atoms with Crippen LogP contribution in [0.25, 0.3) is 10.9 Å². The van der Waals surface area contributed by atoms with Gasteiger partial charge in [0.1, 0.15) is 6.61 Å². The van der Waals surface area contributed by atoms with E-state index in [1.54, 1.807) is 0 Å². The van der Waals surface area contributed by atoms with Crippen molar-refractivity contribution in [2.45, 2.75) is 6.92 Å². The summed E-state index contributed by atoms with van der Waals surface area (Å²) in [6, 6.07) is 18.7. The fourth-order valence-corrected chi connectivity index (χ4v) is 3.47. The number of hydrogen-bond acceptors (Lipinski definition) is 4. The van der Waals surface area contributed by atoms with Crippen LogP contribution in [-0.2, 0) is 0 Å². The summed E-state index contributed by atoms with van der Waals surface area (Å²) in [6.45, 7) is 3.59. The van der Waals surface area contributed by atoms with Crippen LogP contribution >= 0.6 is 0 Å². The first-order valence-electron chi connectivity index (χ1n) is 8.23. The molecule has 0 bridgehead atoms. The molecule has 0 N–H and O–H groups in total. The molecule has 1 aromatic heterocycles. The van der Waals surface area contributed by atoms with Gasteiger partial charge in [-0.2, -0.15) is 5.10 Å². The summed E-state index contributed by atoms with van der Waals surface area (Å²) in [4.78, 5) is 4.69. The Morgan fingerprint density at radius 1 is 1.08 bits per heavy atom. The average molecular weight is 315 g/mol. The molecule has 2 aromatic carbocycles. The highest BCUT2D eigenvalue weighted by Crippen LogP contribution is 2.34. The molecule has 118 valence electrons. The summed E-state index contributed by atoms with van der Waals surface area (Å²) in [5, 5.41) is 8.09. The lowest BCUT2D eigenvalue weighted by Crippen LogP contribution is -2.30. The van der Waals surface area contributed by atoms with Crippen LogP contribution in [0.5, 0.6) is 5.88 Å². The second kappa shape index (κ2) is 5.06. The van der Waals surface area contributed by atoms with Crippen LogP contribution in [0, 0.1) is 12.8 Å². The maximum absolute atomic E-state index is 5.94. The zero-order valence-corrected chi connectivity index (χ0v) is 13.4. The van der Waals surface area contributed by atoms with E-state index >= 15 is 0 Å². The summed E-state index contributed by atoms with van der Waals surface area (Å²) in [5.41, 5.74) is 5.44. The van der Waals surface area contributed by atoms with Gasteiger partial charge < -0.3 is 4.74 Å². The Labute approximate surface area is 140 Å². The zero-order valence-electron chi connectivity index (χ0n) is 13.4. The number of hydrogen-bond donors (Lipinski definition) is 0. The number of aryl methyl sites for hydroxylation is 1. The molecular formula is C20H17N3O. The summed E-state index contributed by atoms with van der Waals surface area (Å²) >= 11 is 0. The molecule has 1 atom stereocenters. The Morgan fingerprint density at radius 2 is 1.96 bits per heavy atom. The second-order valence-corrected chi connectivity index (χ2v) is 6.45. The Balaban J connectivity index is 1.63. The number of fused-ring (bicyclic) bond motifs is 4. The van der Waals surface area contributed by atoms with Gasteiger partial charge in [0, 0.05) is 5.39 Å². The molecular weight excluding hydrogens is 298 g/mol. The van der Waals surface area contributed by atoms with Crippen molar-refractivity contribution >= 4 is 22.3 Å². The first-order valence-corrected chi connectivity index (χ1v) is 8.23. The Morgan fingerprint density at radius 3 is 2.83 bits per heavy atom. The van der Waals surface area contributed by atoms with E-state index in [2.05, 4.69) is 42.3 Å². The molecule has 2 aliphatic heterocycles. The second-order valence-electron chi connectivity index (χ2n) is 6.45. The third-order valence-electron chi connectivity index (χ3n) is 4.70. The number of rotatable bonds is 1. The lowest BCUT2D eigenvalue weighted by Gasteiger charge is -2.22. The minimum absolute atomic E-state index is 0.293. The van der Waals surface area contributed by atoms with Gasteiger partial charge in [-0.3, -0.25) is 5.01 Å². The maximum atomic E-state index is 5.94. The van der Waals surface area contributed by atoms with Crippen molar-refractivity contribution in [1.82, 2.24) is 4.98 Å². The lowest BCUT2D eigenvalue weighted by molar-refractivity contribution is 0.270. The van der Waals surface area contributed by atoms with Gasteiger partial charge in [0.05, 0.1) is 34.9 Å². The lowest BCUT2D eigenvalue weighted by atomic mass is 9.95. The molecule has 3 heterocycles. The molecule has 0 radical (unpaired) electrons. The third kappa shape index (κ3) is 2.07. The van der Waals surface area contributed by atoms with Crippen molar-refractivity contribution in [2.75, 3.05) is 18.2 Å². The first-order chi connectivity index (χ1) is 11.8. The fourth-order valence-electron chi connectivity index (χ4n) is 3.47. The van der Waals surface area contributed by atoms with Gasteiger partial charge in [-0.05, 0) is 37.3 Å². The van der Waals surface area contributed by atoms with E-state index in [0.717, 1.165) is 34.4 Å². The van der Waals surface area contributed by atoms with Crippen molar-refractivity contribution in [3.63, 3.8) is 0 Å². The van der Waals surface area contributed by atoms with Gasteiger partial charge in [-0.1, -0.05) is 29.8 Å². The molecule has 2 aliphatic rings. The van der Waals surface area contributed by atoms with Gasteiger partial charge in [0.15, 0.2) is 0 Å². The van der Waals surface area contributed by atoms with Gasteiger partial charge >= 0.3 is 0 Å². The molecule has 1 unspecified atom stereocenters. The number of para-hydroxylation sites is 1. The Kier molecular flexibility index (Phi) is 2.86. The topological polar surface area (TPSA) is 37.7 Å². The number of benzene rings is 2. The zero-order chi connectivity index (χ0) is 16.1. The van der Waals surface area contributed by atoms with Gasteiger partial charge in [0.25, 0.3) is 0 Å². The van der Waals surface area contributed by atoms with E-state index in [4.69, 9.17) is 14.8 Å². The minimum Gasteiger partial charge on any atom is -0.476 e. The van der Waals surface area contributed by atoms with E-state index in [9.17, 15) is 0 Å². The smallest absolute Gasteiger partial charge is 0.223 e. The van der Waals surface area contributed by atoms with Crippen molar-refractivity contribution < 1.29 is 4.74 Å². The molecule has 4 heteroatoms. The largest absolute Gasteiger partial charge is 0.476 e. The number of hydrazone groups is 1. The van der Waals surface area contributed by atoms with E-state index in [0.29, 0.717) is 18.4 Å². The summed E-state index contributed by atoms with van der Waals surface area (Å²) in [7, 11) is 0. The molecule has 0 fully saturated rings. The van der Waals surface area contributed by atoms with Crippen LogP contribution in [0.3, 0.4) is 0 Å². The molecule has 4 nitrogen and oxygen atoms in total. The van der Waals surface area contributed by atoms with E-state index in [1.807, 2.05) is 24.3 Å². The molecule has 0 saturated heterocycles. The molecule has 0 aliphatic carbocycles. The van der Waals surface area contributed by atoms with Crippen molar-refractivity contribution in [3.05, 3.63) is 65.7 Å². The number of anilines is 1. The monoisotopic (exact) mass is 315 g/mol. The highest BCUT2D eigenvalue weighted by Gasteiger charge is 2.35. The Bertz CT molecular complexity index is 965. The predicted molar refractivity (Wildman–Crippen MR) is 95.8 cm³/mol. The SMILES string of the molecule is Cc1ccc2nc3c(cc2c1)C1=NN(c2ccccc2)CC1CO3. The summed E-state index contributed by atoms with van der Waals surface area (Å²) < 4.78 is 5.94. The van der Waals surface area contributed by atoms with Crippen LogP contribution in [0.1, 0.15) is 11.1 Å². The molecule has 5 rings (SSSR count). The van der Waals surface area contributed by atoms with Crippen LogP contribution in [0.2, 0.25) is 0 Å². The molecule has 3 aromatic rings. The molecule has 0 amide bonds. The van der Waals surface area contributed by atoms with Gasteiger partial charge in [-0.15, -0.1) is 0 Å². The van der Waals surface area contributed by atoms with Crippen LogP contribution < -0.4 is 9.75 Å². The first kappa shape index (κ1) is 13.5.